The Labute approximate surface area is 217 Å². The second kappa shape index (κ2) is 26.2. The van der Waals surface area contributed by atoms with Crippen LogP contribution in [0.15, 0.2) is 85.1 Å². The van der Waals surface area contributed by atoms with Gasteiger partial charge in [-0.05, 0) is 51.9 Å². The number of nitrogens with one attached hydrogen (secondary N) is 2. The summed E-state index contributed by atoms with van der Waals surface area (Å²) >= 11 is 0. The van der Waals surface area contributed by atoms with Gasteiger partial charge in [0.2, 0.25) is 11.8 Å². The first-order chi connectivity index (χ1) is 17.6. The topological polar surface area (TPSA) is 84.5 Å². The van der Waals surface area contributed by atoms with Crippen LogP contribution in [0, 0.1) is 0 Å². The molecule has 198 valence electrons. The third-order valence-electron chi connectivity index (χ3n) is 4.54. The summed E-state index contributed by atoms with van der Waals surface area (Å²) in [5.41, 5.74) is 0. The van der Waals surface area contributed by atoms with Crippen molar-refractivity contribution in [2.75, 3.05) is 19.7 Å². The van der Waals surface area contributed by atoms with Gasteiger partial charge in [0, 0.05) is 31.7 Å². The first-order valence-electron chi connectivity index (χ1n) is 12.9. The van der Waals surface area contributed by atoms with Gasteiger partial charge in [0.1, 0.15) is 0 Å². The lowest BCUT2D eigenvalue weighted by Crippen LogP contribution is -2.33. The van der Waals surface area contributed by atoms with Gasteiger partial charge < -0.3 is 15.4 Å². The van der Waals surface area contributed by atoms with Crippen LogP contribution in [0.5, 0.6) is 0 Å². The second-order valence-electron chi connectivity index (χ2n) is 7.68. The van der Waals surface area contributed by atoms with Gasteiger partial charge in [-0.1, -0.05) is 79.8 Å². The van der Waals surface area contributed by atoms with Crippen molar-refractivity contribution in [1.29, 1.82) is 0 Å². The molecule has 0 aromatic carbocycles. The molecular formula is C30H44N2O4. The molecule has 6 heteroatoms. The van der Waals surface area contributed by atoms with E-state index in [-0.39, 0.29) is 19.1 Å². The predicted octanol–water partition coefficient (Wildman–Crippen LogP) is 5.82. The highest BCUT2D eigenvalue weighted by Gasteiger charge is 2.00. The molecule has 0 bridgehead atoms. The van der Waals surface area contributed by atoms with Gasteiger partial charge in [-0.15, -0.1) is 0 Å². The molecule has 0 saturated carbocycles. The summed E-state index contributed by atoms with van der Waals surface area (Å²) in [6.45, 7) is 4.72. The maximum atomic E-state index is 11.8. The molecule has 0 fully saturated rings. The zero-order valence-electron chi connectivity index (χ0n) is 22.0. The number of carbonyl (C=O) groups is 3. The highest BCUT2D eigenvalue weighted by Crippen LogP contribution is 1.97. The van der Waals surface area contributed by atoms with Gasteiger partial charge in [0.15, 0.2) is 0 Å². The number of ether oxygens (including phenoxy) is 1. The summed E-state index contributed by atoms with van der Waals surface area (Å²) in [5, 5.41) is 5.33. The molecule has 0 unspecified atom stereocenters. The zero-order chi connectivity index (χ0) is 26.5. The molecule has 0 atom stereocenters. The fraction of sp³-hybridized carbons (Fsp3) is 0.433. The Morgan fingerprint density at radius 3 is 1.58 bits per heavy atom. The van der Waals surface area contributed by atoms with Crippen molar-refractivity contribution in [3.05, 3.63) is 85.1 Å². The second-order valence-corrected chi connectivity index (χ2v) is 7.68. The molecule has 2 amide bonds. The third kappa shape index (κ3) is 25.2. The normalized spacial score (nSPS) is 12.4. The predicted molar refractivity (Wildman–Crippen MR) is 149 cm³/mol. The molecule has 0 saturated heterocycles. The van der Waals surface area contributed by atoms with Gasteiger partial charge in [-0.25, -0.2) is 4.79 Å². The van der Waals surface area contributed by atoms with Crippen LogP contribution >= 0.6 is 0 Å². The molecule has 0 heterocycles. The van der Waals surface area contributed by atoms with Crippen LogP contribution in [-0.2, 0) is 19.1 Å². The van der Waals surface area contributed by atoms with Crippen molar-refractivity contribution >= 4 is 17.8 Å². The lowest BCUT2D eigenvalue weighted by molar-refractivity contribution is -0.137. The van der Waals surface area contributed by atoms with E-state index in [1.54, 1.807) is 6.92 Å². The smallest absolute Gasteiger partial charge is 0.330 e. The van der Waals surface area contributed by atoms with E-state index < -0.39 is 11.9 Å². The van der Waals surface area contributed by atoms with Gasteiger partial charge in [0.05, 0.1) is 6.61 Å². The molecule has 0 aliphatic heterocycles. The number of amides is 2. The van der Waals surface area contributed by atoms with Crippen LogP contribution in [0.1, 0.15) is 65.2 Å². The van der Waals surface area contributed by atoms with E-state index in [0.717, 1.165) is 50.7 Å². The number of esters is 1. The summed E-state index contributed by atoms with van der Waals surface area (Å²) < 4.78 is 4.68. The van der Waals surface area contributed by atoms with Crippen LogP contribution in [0.25, 0.3) is 0 Å². The van der Waals surface area contributed by atoms with E-state index in [1.807, 2.05) is 6.08 Å². The first-order valence-corrected chi connectivity index (χ1v) is 12.9. The first kappa shape index (κ1) is 32.6. The molecule has 0 spiro atoms. The van der Waals surface area contributed by atoms with E-state index in [2.05, 4.69) is 89.1 Å². The average Bonchev–Trinajstić information content (AvgIpc) is 2.87. The van der Waals surface area contributed by atoms with Crippen molar-refractivity contribution in [1.82, 2.24) is 10.6 Å². The molecule has 0 aliphatic rings. The molecule has 0 radical (unpaired) electrons. The van der Waals surface area contributed by atoms with Crippen molar-refractivity contribution < 1.29 is 19.1 Å². The monoisotopic (exact) mass is 496 g/mol. The molecule has 0 aliphatic carbocycles. The lowest BCUT2D eigenvalue weighted by Gasteiger charge is -2.04. The number of allylic oxidation sites excluding steroid dienone is 12. The van der Waals surface area contributed by atoms with Crippen molar-refractivity contribution in [3.63, 3.8) is 0 Å². The SMILES string of the molecule is CCC=CCC=CCC=CCC=CCC=CCC=CCCC(=O)NCCNC(=O)C=CC(=O)OCC. The van der Waals surface area contributed by atoms with Gasteiger partial charge in [0.25, 0.3) is 0 Å². The Balaban J connectivity index is 3.67. The van der Waals surface area contributed by atoms with Gasteiger partial charge in [-0.3, -0.25) is 9.59 Å². The maximum Gasteiger partial charge on any atom is 0.330 e. The Morgan fingerprint density at radius 1 is 0.611 bits per heavy atom. The summed E-state index contributed by atoms with van der Waals surface area (Å²) in [7, 11) is 0. The largest absolute Gasteiger partial charge is 0.463 e. The maximum absolute atomic E-state index is 11.8. The molecule has 2 N–H and O–H groups in total. The molecule has 0 aromatic heterocycles. The molecular weight excluding hydrogens is 452 g/mol. The van der Waals surface area contributed by atoms with Crippen LogP contribution in [0.3, 0.4) is 0 Å². The Kier molecular flexibility index (Phi) is 23.7. The van der Waals surface area contributed by atoms with Crippen LogP contribution in [-0.4, -0.2) is 37.5 Å². The average molecular weight is 497 g/mol. The standard InChI is InChI=1S/C30H44N2O4/c1-3-5-6-7-8-9-10-11-12-13-14-15-16-17-18-19-20-21-22-23-28(33)31-26-27-32-29(34)24-25-30(35)36-4-2/h5-6,8-9,11-12,14-15,17-18,20-21,24-25H,3-4,7,10,13,16,19,22-23,26-27H2,1-2H3,(H,31,33)(H,32,34). The van der Waals surface area contributed by atoms with Crippen molar-refractivity contribution in [2.24, 2.45) is 0 Å². The minimum Gasteiger partial charge on any atom is -0.463 e. The number of hydrogen-bond donors (Lipinski definition) is 2. The van der Waals surface area contributed by atoms with Gasteiger partial charge >= 0.3 is 5.97 Å². The Bertz CT molecular complexity index is 802. The van der Waals surface area contributed by atoms with E-state index >= 15 is 0 Å². The van der Waals surface area contributed by atoms with E-state index in [1.165, 1.54) is 0 Å². The summed E-state index contributed by atoms with van der Waals surface area (Å²) in [6.07, 6.45) is 34.9. The van der Waals surface area contributed by atoms with Crippen LogP contribution in [0.2, 0.25) is 0 Å². The van der Waals surface area contributed by atoms with Crippen LogP contribution in [0.4, 0.5) is 0 Å². The Morgan fingerprint density at radius 2 is 1.08 bits per heavy atom. The summed E-state index contributed by atoms with van der Waals surface area (Å²) in [5.74, 6) is -1.03. The zero-order valence-corrected chi connectivity index (χ0v) is 22.0. The molecule has 0 aromatic rings. The molecule has 36 heavy (non-hydrogen) atoms. The van der Waals surface area contributed by atoms with Crippen LogP contribution < -0.4 is 10.6 Å². The summed E-state index contributed by atoms with van der Waals surface area (Å²) in [4.78, 5) is 34.4. The van der Waals surface area contributed by atoms with Crippen molar-refractivity contribution in [3.8, 4) is 0 Å². The van der Waals surface area contributed by atoms with Gasteiger partial charge in [-0.2, -0.15) is 0 Å². The van der Waals surface area contributed by atoms with E-state index in [9.17, 15) is 14.4 Å². The fourth-order valence-corrected chi connectivity index (χ4v) is 2.72. The number of carbonyl (C=O) groups excluding carboxylic acids is 3. The number of hydrogen-bond acceptors (Lipinski definition) is 4. The fourth-order valence-electron chi connectivity index (χ4n) is 2.72. The molecule has 6 nitrogen and oxygen atoms in total. The minimum atomic E-state index is -0.560. The minimum absolute atomic E-state index is 0.0640. The lowest BCUT2D eigenvalue weighted by atomic mass is 10.2. The van der Waals surface area contributed by atoms with E-state index in [0.29, 0.717) is 19.4 Å². The number of rotatable bonds is 20. The quantitative estimate of drug-likeness (QED) is 0.0963. The highest BCUT2D eigenvalue weighted by atomic mass is 16.5. The Hall–Kier alpha value is -3.41. The van der Waals surface area contributed by atoms with E-state index in [4.69, 9.17) is 0 Å². The highest BCUT2D eigenvalue weighted by molar-refractivity contribution is 5.94. The molecule has 0 rings (SSSR count). The summed E-state index contributed by atoms with van der Waals surface area (Å²) in [6, 6.07) is 0. The van der Waals surface area contributed by atoms with Crippen molar-refractivity contribution in [2.45, 2.75) is 65.2 Å². The third-order valence-corrected chi connectivity index (χ3v) is 4.54.